The van der Waals surface area contributed by atoms with Gasteiger partial charge in [-0.15, -0.1) is 0 Å². The van der Waals surface area contributed by atoms with Crippen molar-refractivity contribution in [1.82, 2.24) is 0 Å². The number of Topliss-reactive ketones (excluding diaryl/α,β-unsaturated/α-hetero) is 1. The number of aliphatic hydroxyl groups is 1. The molecule has 3 rings (SSSR count). The van der Waals surface area contributed by atoms with Crippen LogP contribution in [0.25, 0.3) is 0 Å². The Hall–Kier alpha value is -0.193. The van der Waals surface area contributed by atoms with Crippen molar-refractivity contribution in [1.29, 1.82) is 0 Å². The smallest absolute Gasteiger partial charge is 0.192 e. The summed E-state index contributed by atoms with van der Waals surface area (Å²) < 4.78 is 6.94. The Morgan fingerprint density at radius 2 is 1.77 bits per heavy atom. The van der Waals surface area contributed by atoms with Crippen LogP contribution < -0.4 is 0 Å². The molecule has 0 heterocycles. The molecule has 0 bridgehead atoms. The lowest BCUT2D eigenvalue weighted by molar-refractivity contribution is -0.150. The van der Waals surface area contributed by atoms with Crippen LogP contribution in [0.5, 0.6) is 0 Å². The fourth-order valence-electron chi connectivity index (χ4n) is 6.15. The first-order valence-electron chi connectivity index (χ1n) is 10.7. The molecule has 26 heavy (non-hydrogen) atoms. The molecule has 3 nitrogen and oxygen atoms in total. The Bertz CT molecular complexity index is 566. The minimum absolute atomic E-state index is 0.0142. The van der Waals surface area contributed by atoms with Crippen LogP contribution in [0.4, 0.5) is 0 Å². The van der Waals surface area contributed by atoms with Gasteiger partial charge in [0.05, 0.1) is 18.1 Å². The van der Waals surface area contributed by atoms with Crippen LogP contribution in [0, 0.1) is 28.6 Å². The number of carbonyl (C=O) groups is 1. The molecule has 0 aliphatic heterocycles. The summed E-state index contributed by atoms with van der Waals surface area (Å²) in [5.74, 6) is 1.88. The van der Waals surface area contributed by atoms with Crippen molar-refractivity contribution in [3.63, 3.8) is 0 Å². The van der Waals surface area contributed by atoms with E-state index in [9.17, 15) is 9.90 Å². The first-order chi connectivity index (χ1) is 11.9. The Morgan fingerprint density at radius 3 is 2.35 bits per heavy atom. The van der Waals surface area contributed by atoms with Gasteiger partial charge in [-0.25, -0.2) is 0 Å². The van der Waals surface area contributed by atoms with Gasteiger partial charge in [-0.2, -0.15) is 0 Å². The molecule has 0 aromatic rings. The largest absolute Gasteiger partial charge is 0.413 e. The molecule has 3 aliphatic rings. The average molecular weight is 381 g/mol. The fraction of sp³-hybridized carbons (Fsp3) is 0.955. The number of carbonyl (C=O) groups excluding carboxylic acids is 1. The van der Waals surface area contributed by atoms with Crippen molar-refractivity contribution in [3.05, 3.63) is 0 Å². The molecule has 0 saturated heterocycles. The number of hydrogen-bond acceptors (Lipinski definition) is 3. The second kappa shape index (κ2) is 6.42. The fourth-order valence-corrected chi connectivity index (χ4v) is 7.61. The summed E-state index contributed by atoms with van der Waals surface area (Å²) in [4.78, 5) is 12.6. The number of rotatable bonds is 3. The highest BCUT2D eigenvalue weighted by Gasteiger charge is 2.60. The van der Waals surface area contributed by atoms with E-state index in [4.69, 9.17) is 4.43 Å². The lowest BCUT2D eigenvalue weighted by atomic mass is 9.50. The van der Waals surface area contributed by atoms with Crippen LogP contribution in [0.1, 0.15) is 73.1 Å². The van der Waals surface area contributed by atoms with Crippen LogP contribution in [0.2, 0.25) is 18.1 Å². The third kappa shape index (κ3) is 2.95. The highest BCUT2D eigenvalue weighted by atomic mass is 28.4. The lowest BCUT2D eigenvalue weighted by Gasteiger charge is -2.56. The molecule has 3 aliphatic carbocycles. The summed E-state index contributed by atoms with van der Waals surface area (Å²) in [6, 6.07) is 0. The molecule has 3 fully saturated rings. The Labute approximate surface area is 161 Å². The molecule has 3 saturated carbocycles. The van der Waals surface area contributed by atoms with Crippen LogP contribution >= 0.6 is 0 Å². The van der Waals surface area contributed by atoms with Gasteiger partial charge in [0, 0.05) is 6.42 Å². The van der Waals surface area contributed by atoms with Gasteiger partial charge in [0.1, 0.15) is 5.78 Å². The van der Waals surface area contributed by atoms with Gasteiger partial charge in [0.25, 0.3) is 0 Å². The highest BCUT2D eigenvalue weighted by Crippen LogP contribution is 2.63. The van der Waals surface area contributed by atoms with Crippen molar-refractivity contribution < 1.29 is 14.3 Å². The number of hydrogen-bond donors (Lipinski definition) is 1. The first-order valence-corrected chi connectivity index (χ1v) is 13.6. The van der Waals surface area contributed by atoms with Crippen molar-refractivity contribution in [3.8, 4) is 0 Å². The van der Waals surface area contributed by atoms with Gasteiger partial charge < -0.3 is 9.53 Å². The van der Waals surface area contributed by atoms with E-state index in [0.717, 1.165) is 19.3 Å². The third-order valence-electron chi connectivity index (χ3n) is 9.08. The summed E-state index contributed by atoms with van der Waals surface area (Å²) >= 11 is 0. The van der Waals surface area contributed by atoms with E-state index in [1.807, 2.05) is 6.92 Å². The SMILES string of the molecule is CC1(CO)C(=O)CCC2C1CCC1(C)C(O[Si](C)(C)C(C)(C)C)CCC21. The van der Waals surface area contributed by atoms with Crippen LogP contribution in [-0.2, 0) is 9.22 Å². The maximum Gasteiger partial charge on any atom is 0.192 e. The van der Waals surface area contributed by atoms with E-state index in [1.165, 1.54) is 12.8 Å². The van der Waals surface area contributed by atoms with Crippen LogP contribution in [-0.4, -0.2) is 31.9 Å². The van der Waals surface area contributed by atoms with Crippen LogP contribution in [0.15, 0.2) is 0 Å². The van der Waals surface area contributed by atoms with E-state index < -0.39 is 13.7 Å². The van der Waals surface area contributed by atoms with E-state index in [2.05, 4.69) is 40.8 Å². The number of fused-ring (bicyclic) bond motifs is 3. The zero-order chi connectivity index (χ0) is 19.5. The highest BCUT2D eigenvalue weighted by molar-refractivity contribution is 6.74. The molecule has 0 spiro atoms. The normalized spacial score (nSPS) is 43.9. The van der Waals surface area contributed by atoms with Crippen molar-refractivity contribution >= 4 is 14.1 Å². The average Bonchev–Trinajstić information content (AvgIpc) is 2.86. The van der Waals surface area contributed by atoms with E-state index >= 15 is 0 Å². The van der Waals surface area contributed by atoms with Gasteiger partial charge in [0.15, 0.2) is 8.32 Å². The van der Waals surface area contributed by atoms with Gasteiger partial charge in [0.2, 0.25) is 0 Å². The van der Waals surface area contributed by atoms with E-state index in [0.29, 0.717) is 30.3 Å². The zero-order valence-corrected chi connectivity index (χ0v) is 19.0. The third-order valence-corrected chi connectivity index (χ3v) is 13.6. The van der Waals surface area contributed by atoms with Crippen molar-refractivity contribution in [2.24, 2.45) is 28.6 Å². The summed E-state index contributed by atoms with van der Waals surface area (Å²) in [5.41, 5.74) is -0.268. The molecule has 0 amide bonds. The van der Waals surface area contributed by atoms with Gasteiger partial charge in [-0.1, -0.05) is 34.6 Å². The summed E-state index contributed by atoms with van der Waals surface area (Å²) in [5, 5.41) is 10.3. The Kier molecular flexibility index (Phi) is 5.07. The molecule has 6 unspecified atom stereocenters. The topological polar surface area (TPSA) is 46.5 Å². The molecule has 0 aromatic heterocycles. The standard InChI is InChI=1S/C22H40O3Si/c1-20(2,3)26(6,7)25-19-11-9-16-15-8-10-18(24)22(5,14-23)17(15)12-13-21(16,19)4/h15-17,19,23H,8-14H2,1-7H3. The monoisotopic (exact) mass is 380 g/mol. The molecule has 0 aromatic carbocycles. The number of aliphatic hydroxyl groups excluding tert-OH is 1. The maximum absolute atomic E-state index is 12.6. The summed E-state index contributed by atoms with van der Waals surface area (Å²) in [7, 11) is -1.78. The minimum Gasteiger partial charge on any atom is -0.413 e. The van der Waals surface area contributed by atoms with Crippen LogP contribution in [0.3, 0.4) is 0 Å². The first kappa shape index (κ1) is 20.5. The van der Waals surface area contributed by atoms with E-state index in [1.54, 1.807) is 0 Å². The van der Waals surface area contributed by atoms with Crippen molar-refractivity contribution in [2.45, 2.75) is 97.4 Å². The predicted molar refractivity (Wildman–Crippen MR) is 109 cm³/mol. The predicted octanol–water partition coefficient (Wildman–Crippen LogP) is 5.18. The molecule has 150 valence electrons. The van der Waals surface area contributed by atoms with Crippen molar-refractivity contribution in [2.75, 3.05) is 6.61 Å². The molecule has 4 heteroatoms. The van der Waals surface area contributed by atoms with Gasteiger partial charge >= 0.3 is 0 Å². The maximum atomic E-state index is 12.6. The molecular weight excluding hydrogens is 340 g/mol. The lowest BCUT2D eigenvalue weighted by Crippen LogP contribution is -2.55. The van der Waals surface area contributed by atoms with Gasteiger partial charge in [-0.05, 0) is 73.4 Å². The second-order valence-corrected chi connectivity index (χ2v) is 16.2. The quantitative estimate of drug-likeness (QED) is 0.686. The molecular formula is C22H40O3Si. The minimum atomic E-state index is -1.78. The zero-order valence-electron chi connectivity index (χ0n) is 18.0. The molecule has 1 N–H and O–H groups in total. The Morgan fingerprint density at radius 1 is 1.12 bits per heavy atom. The number of ketones is 1. The van der Waals surface area contributed by atoms with E-state index in [-0.39, 0.29) is 22.8 Å². The molecule has 0 radical (unpaired) electrons. The van der Waals surface area contributed by atoms with Gasteiger partial charge in [-0.3, -0.25) is 4.79 Å². The molecule has 6 atom stereocenters. The Balaban J connectivity index is 1.83. The summed E-state index contributed by atoms with van der Waals surface area (Å²) in [6.07, 6.45) is 6.64. The summed E-state index contributed by atoms with van der Waals surface area (Å²) in [6.45, 7) is 16.2. The second-order valence-electron chi connectivity index (χ2n) is 11.4.